The van der Waals surface area contributed by atoms with Crippen molar-refractivity contribution >= 4 is 33.8 Å². The molecule has 1 amide bonds. The molecule has 0 aliphatic heterocycles. The van der Waals surface area contributed by atoms with E-state index >= 15 is 0 Å². The quantitative estimate of drug-likeness (QED) is 0.421. The van der Waals surface area contributed by atoms with E-state index in [1.165, 1.54) is 11.8 Å². The van der Waals surface area contributed by atoms with Crippen LogP contribution in [0.25, 0.3) is 11.1 Å². The summed E-state index contributed by atoms with van der Waals surface area (Å²) in [7, 11) is -3.55. The number of carbonyl (C=O) groups is 2. The lowest BCUT2D eigenvalue weighted by atomic mass is 10.0. The Morgan fingerprint density at radius 3 is 2.03 bits per heavy atom. The van der Waals surface area contributed by atoms with E-state index in [-0.39, 0.29) is 24.0 Å². The maximum atomic E-state index is 12.0. The Morgan fingerprint density at radius 2 is 1.57 bits per heavy atom. The highest BCUT2D eigenvalue weighted by atomic mass is 32.2. The second-order valence-corrected chi connectivity index (χ2v) is 9.81. The average Bonchev–Trinajstić information content (AvgIpc) is 2.65. The number of carbonyl (C=O) groups excluding carboxylic acids is 1. The van der Waals surface area contributed by atoms with Crippen LogP contribution in [-0.2, 0) is 19.7 Å². The molecular weight excluding hydrogens is 426 g/mol. The van der Waals surface area contributed by atoms with Gasteiger partial charge in [0.25, 0.3) is 0 Å². The minimum atomic E-state index is -3.55. The fourth-order valence-electron chi connectivity index (χ4n) is 2.64. The summed E-state index contributed by atoms with van der Waals surface area (Å²) in [5.74, 6) is -0.699. The average molecular weight is 452 g/mol. The van der Waals surface area contributed by atoms with E-state index in [0.717, 1.165) is 22.3 Å². The summed E-state index contributed by atoms with van der Waals surface area (Å²) in [5, 5.41) is 11.7. The van der Waals surface area contributed by atoms with Crippen LogP contribution in [0.1, 0.15) is 20.3 Å². The van der Waals surface area contributed by atoms with Crippen molar-refractivity contribution in [3.63, 3.8) is 0 Å². The number of aliphatic carboxylic acids is 1. The summed E-state index contributed by atoms with van der Waals surface area (Å²) in [6, 6.07) is 13.6. The molecule has 0 radical (unpaired) electrons. The van der Waals surface area contributed by atoms with E-state index in [9.17, 15) is 18.0 Å². The first-order chi connectivity index (χ1) is 14.0. The van der Waals surface area contributed by atoms with Gasteiger partial charge in [-0.3, -0.25) is 4.79 Å². The molecule has 162 valence electrons. The van der Waals surface area contributed by atoms with Crippen LogP contribution in [0.4, 0.5) is 0 Å². The van der Waals surface area contributed by atoms with Crippen LogP contribution < -0.4 is 9.50 Å². The Hall–Kier alpha value is -2.52. The molecule has 0 saturated heterocycles. The van der Waals surface area contributed by atoms with Crippen LogP contribution in [0.3, 0.4) is 0 Å². The van der Waals surface area contributed by atoms with Crippen LogP contribution in [0.2, 0.25) is 0 Å². The van der Waals surface area contributed by atoms with Gasteiger partial charge in [0.15, 0.2) is 0 Å². The van der Waals surface area contributed by atoms with Gasteiger partial charge in [-0.15, -0.1) is 11.8 Å². The van der Waals surface area contributed by atoms with Crippen molar-refractivity contribution in [2.45, 2.75) is 31.2 Å². The van der Waals surface area contributed by atoms with E-state index in [1.54, 1.807) is 38.1 Å². The maximum absolute atomic E-state index is 12.0. The molecule has 0 aliphatic carbocycles. The molecule has 0 spiro atoms. The van der Waals surface area contributed by atoms with Gasteiger partial charge in [-0.05, 0) is 41.3 Å². The van der Waals surface area contributed by atoms with Crippen molar-refractivity contribution in [2.24, 2.45) is 5.92 Å². The van der Waals surface area contributed by atoms with Crippen molar-refractivity contribution in [1.29, 1.82) is 0 Å². The van der Waals surface area contributed by atoms with E-state index in [4.69, 9.17) is 9.29 Å². The van der Waals surface area contributed by atoms with Crippen LogP contribution in [0.15, 0.2) is 53.4 Å². The van der Waals surface area contributed by atoms with Crippen molar-refractivity contribution in [3.8, 4) is 16.9 Å². The molecule has 0 saturated carbocycles. The third-order valence-electron chi connectivity index (χ3n) is 4.14. The summed E-state index contributed by atoms with van der Waals surface area (Å²) in [5.41, 5.74) is 1.88. The van der Waals surface area contributed by atoms with Crippen molar-refractivity contribution in [3.05, 3.63) is 48.5 Å². The minimum Gasteiger partial charge on any atom is -0.480 e. The predicted molar refractivity (Wildman–Crippen MR) is 117 cm³/mol. The number of hydrogen-bond donors (Lipinski definition) is 2. The highest BCUT2D eigenvalue weighted by molar-refractivity contribution is 7.99. The number of carboxylic acids is 1. The molecule has 0 aromatic heterocycles. The molecular formula is C21H25NO6S2. The van der Waals surface area contributed by atoms with Gasteiger partial charge < -0.3 is 14.6 Å². The van der Waals surface area contributed by atoms with Crippen molar-refractivity contribution in [1.82, 2.24) is 5.32 Å². The van der Waals surface area contributed by atoms with Gasteiger partial charge in [0.2, 0.25) is 5.91 Å². The maximum Gasteiger partial charge on any atom is 0.326 e. The fourth-order valence-corrected chi connectivity index (χ4v) is 3.95. The van der Waals surface area contributed by atoms with Crippen LogP contribution in [0.5, 0.6) is 5.75 Å². The number of thioether (sulfide) groups is 1. The number of rotatable bonds is 10. The molecule has 7 nitrogen and oxygen atoms in total. The zero-order valence-corrected chi connectivity index (χ0v) is 18.6. The second-order valence-electron chi connectivity index (χ2n) is 7.06. The molecule has 1 atom stereocenters. The van der Waals surface area contributed by atoms with Gasteiger partial charge in [0.05, 0.1) is 6.26 Å². The van der Waals surface area contributed by atoms with Gasteiger partial charge in [-0.1, -0.05) is 38.1 Å². The first-order valence-electron chi connectivity index (χ1n) is 9.30. The Bertz CT molecular complexity index is 970. The van der Waals surface area contributed by atoms with Gasteiger partial charge >= 0.3 is 16.1 Å². The lowest BCUT2D eigenvalue weighted by molar-refractivity contribution is -0.143. The van der Waals surface area contributed by atoms with Crippen molar-refractivity contribution in [2.75, 3.05) is 12.0 Å². The number of nitrogens with one attached hydrogen (secondary N) is 1. The molecule has 2 rings (SSSR count). The zero-order valence-electron chi connectivity index (χ0n) is 17.0. The SMILES string of the molecule is CC(C)[C@H](NC(=O)CCSc1ccc(-c2ccc(OS(C)(=O)=O)cc2)cc1)C(=O)O. The number of benzene rings is 2. The van der Waals surface area contributed by atoms with Crippen LogP contribution in [-0.4, -0.2) is 43.5 Å². The normalized spacial score (nSPS) is 12.4. The molecule has 0 fully saturated rings. The Labute approximate surface area is 181 Å². The molecule has 0 unspecified atom stereocenters. The number of amides is 1. The van der Waals surface area contributed by atoms with Gasteiger partial charge in [0, 0.05) is 17.1 Å². The third-order valence-corrected chi connectivity index (χ3v) is 5.65. The molecule has 30 heavy (non-hydrogen) atoms. The first kappa shape index (κ1) is 23.8. The summed E-state index contributed by atoms with van der Waals surface area (Å²) >= 11 is 1.51. The Kier molecular flexibility index (Phi) is 8.31. The fraction of sp³-hybridized carbons (Fsp3) is 0.333. The summed E-state index contributed by atoms with van der Waals surface area (Å²) < 4.78 is 27.1. The van der Waals surface area contributed by atoms with Gasteiger partial charge in [-0.25, -0.2) is 4.79 Å². The smallest absolute Gasteiger partial charge is 0.326 e. The topological polar surface area (TPSA) is 110 Å². The largest absolute Gasteiger partial charge is 0.480 e. The monoisotopic (exact) mass is 451 g/mol. The van der Waals surface area contributed by atoms with Crippen molar-refractivity contribution < 1.29 is 27.3 Å². The van der Waals surface area contributed by atoms with Gasteiger partial charge in [-0.2, -0.15) is 8.42 Å². The third kappa shape index (κ3) is 7.72. The Morgan fingerprint density at radius 1 is 1.03 bits per heavy atom. The summed E-state index contributed by atoms with van der Waals surface area (Å²) in [4.78, 5) is 24.1. The molecule has 9 heteroatoms. The zero-order chi connectivity index (χ0) is 22.3. The lowest BCUT2D eigenvalue weighted by Gasteiger charge is -2.17. The molecule has 2 aromatic carbocycles. The molecule has 2 aromatic rings. The second kappa shape index (κ2) is 10.5. The van der Waals surface area contributed by atoms with Crippen LogP contribution in [0, 0.1) is 5.92 Å². The molecule has 2 N–H and O–H groups in total. The Balaban J connectivity index is 1.87. The summed E-state index contributed by atoms with van der Waals surface area (Å²) in [6.07, 6.45) is 1.22. The molecule has 0 heterocycles. The highest BCUT2D eigenvalue weighted by Crippen LogP contribution is 2.26. The van der Waals surface area contributed by atoms with E-state index < -0.39 is 22.1 Å². The molecule has 0 bridgehead atoms. The number of hydrogen-bond acceptors (Lipinski definition) is 6. The standard InChI is InChI=1S/C21H25NO6S2/c1-14(2)20(21(24)25)22-19(23)12-13-29-18-10-6-16(7-11-18)15-4-8-17(9-5-15)28-30(3,26)27/h4-11,14,20H,12-13H2,1-3H3,(H,22,23)(H,24,25)/t20-/m0/s1. The summed E-state index contributed by atoms with van der Waals surface area (Å²) in [6.45, 7) is 3.50. The lowest BCUT2D eigenvalue weighted by Crippen LogP contribution is -2.44. The van der Waals surface area contributed by atoms with E-state index in [0.29, 0.717) is 5.75 Å². The minimum absolute atomic E-state index is 0.182. The first-order valence-corrected chi connectivity index (χ1v) is 12.1. The van der Waals surface area contributed by atoms with E-state index in [2.05, 4.69) is 5.32 Å². The van der Waals surface area contributed by atoms with Crippen LogP contribution >= 0.6 is 11.8 Å². The van der Waals surface area contributed by atoms with Gasteiger partial charge in [0.1, 0.15) is 11.8 Å². The van der Waals surface area contributed by atoms with E-state index in [1.807, 2.05) is 24.3 Å². The molecule has 0 aliphatic rings. The number of carboxylic acid groups (broad SMARTS) is 1. The predicted octanol–water partition coefficient (Wildman–Crippen LogP) is 3.40. The highest BCUT2D eigenvalue weighted by Gasteiger charge is 2.23.